The van der Waals surface area contributed by atoms with Crippen molar-refractivity contribution in [3.8, 4) is 0 Å². The van der Waals surface area contributed by atoms with Crippen LogP contribution in [0.25, 0.3) is 0 Å². The van der Waals surface area contributed by atoms with Gasteiger partial charge in [0.05, 0.1) is 12.2 Å². The van der Waals surface area contributed by atoms with E-state index >= 15 is 0 Å². The summed E-state index contributed by atoms with van der Waals surface area (Å²) in [5.74, 6) is 0.121. The topological polar surface area (TPSA) is 80.8 Å². The minimum absolute atomic E-state index is 0.0517. The third-order valence-corrected chi connectivity index (χ3v) is 6.02. The second-order valence-corrected chi connectivity index (χ2v) is 9.50. The summed E-state index contributed by atoms with van der Waals surface area (Å²) in [6, 6.07) is -0.390. The van der Waals surface area contributed by atoms with Crippen LogP contribution in [0.5, 0.6) is 0 Å². The van der Waals surface area contributed by atoms with Gasteiger partial charge < -0.3 is 15.1 Å². The number of halogens is 1. The molecule has 3 rings (SSSR count). The molecule has 1 aromatic rings. The standard InChI is InChI=1S/C17H27ClN6O2S/c1-17(2,3)24-5-4-19-12(11-24)14(25)22-6-8-23(9-7-22)16(26)21-15-20-10-13(18)27-15/h10,12,19H,4-9,11H2,1-3H3,(H,20,21,26)/t12-/m1/s1. The summed E-state index contributed by atoms with van der Waals surface area (Å²) in [5.41, 5.74) is 0.0517. The first kappa shape index (κ1) is 20.3. The van der Waals surface area contributed by atoms with E-state index in [1.165, 1.54) is 17.5 Å². The van der Waals surface area contributed by atoms with Crippen molar-refractivity contribution in [1.29, 1.82) is 0 Å². The van der Waals surface area contributed by atoms with Crippen LogP contribution in [0.4, 0.5) is 9.93 Å². The van der Waals surface area contributed by atoms with Crippen LogP contribution in [0, 0.1) is 0 Å². The van der Waals surface area contributed by atoms with Gasteiger partial charge in [-0.05, 0) is 20.8 Å². The largest absolute Gasteiger partial charge is 0.338 e. The van der Waals surface area contributed by atoms with Crippen LogP contribution < -0.4 is 10.6 Å². The van der Waals surface area contributed by atoms with Crippen molar-refractivity contribution >= 4 is 40.0 Å². The van der Waals surface area contributed by atoms with E-state index in [0.717, 1.165) is 13.1 Å². The number of nitrogens with zero attached hydrogens (tertiary/aromatic N) is 4. The van der Waals surface area contributed by atoms with Gasteiger partial charge in [-0.1, -0.05) is 22.9 Å². The molecule has 8 nitrogen and oxygen atoms in total. The SMILES string of the molecule is CC(C)(C)N1CCN[C@@H](C(=O)N2CCN(C(=O)Nc3ncc(Cl)s3)CC2)C1. The lowest BCUT2D eigenvalue weighted by atomic mass is 10.0. The highest BCUT2D eigenvalue weighted by Gasteiger charge is 2.34. The average Bonchev–Trinajstić information content (AvgIpc) is 3.05. The summed E-state index contributed by atoms with van der Waals surface area (Å²) >= 11 is 7.06. The van der Waals surface area contributed by atoms with Crippen molar-refractivity contribution in [3.05, 3.63) is 10.5 Å². The first-order chi connectivity index (χ1) is 12.7. The minimum Gasteiger partial charge on any atom is -0.338 e. The van der Waals surface area contributed by atoms with E-state index < -0.39 is 0 Å². The zero-order valence-corrected chi connectivity index (χ0v) is 17.6. The second kappa shape index (κ2) is 8.30. The van der Waals surface area contributed by atoms with Crippen LogP contribution in [-0.2, 0) is 4.79 Å². The summed E-state index contributed by atoms with van der Waals surface area (Å²) in [7, 11) is 0. The number of hydrogen-bond acceptors (Lipinski definition) is 6. The summed E-state index contributed by atoms with van der Waals surface area (Å²) in [4.78, 5) is 35.1. The number of hydrogen-bond donors (Lipinski definition) is 2. The van der Waals surface area contributed by atoms with Gasteiger partial charge in [0.15, 0.2) is 5.13 Å². The van der Waals surface area contributed by atoms with E-state index in [0.29, 0.717) is 42.2 Å². The van der Waals surface area contributed by atoms with Crippen LogP contribution in [0.2, 0.25) is 4.34 Å². The monoisotopic (exact) mass is 414 g/mol. The Morgan fingerprint density at radius 1 is 1.22 bits per heavy atom. The molecule has 0 bridgehead atoms. The van der Waals surface area contributed by atoms with Crippen molar-refractivity contribution in [2.45, 2.75) is 32.4 Å². The van der Waals surface area contributed by atoms with Gasteiger partial charge in [0.2, 0.25) is 5.91 Å². The maximum atomic E-state index is 12.9. The Balaban J connectivity index is 1.49. The van der Waals surface area contributed by atoms with Crippen LogP contribution in [0.15, 0.2) is 6.20 Å². The summed E-state index contributed by atoms with van der Waals surface area (Å²) < 4.78 is 0.532. The number of rotatable bonds is 2. The smallest absolute Gasteiger partial charge is 0.323 e. The highest BCUT2D eigenvalue weighted by atomic mass is 35.5. The zero-order valence-electron chi connectivity index (χ0n) is 16.0. The highest BCUT2D eigenvalue weighted by Crippen LogP contribution is 2.23. The first-order valence-corrected chi connectivity index (χ1v) is 10.4. The Labute approximate surface area is 168 Å². The van der Waals surface area contributed by atoms with Crippen LogP contribution >= 0.6 is 22.9 Å². The predicted molar refractivity (Wildman–Crippen MR) is 107 cm³/mol. The van der Waals surface area contributed by atoms with Crippen LogP contribution in [0.1, 0.15) is 20.8 Å². The molecule has 0 unspecified atom stereocenters. The number of thiazole rings is 1. The average molecular weight is 415 g/mol. The molecule has 0 radical (unpaired) electrons. The van der Waals surface area contributed by atoms with Crippen molar-refractivity contribution in [2.24, 2.45) is 0 Å². The quantitative estimate of drug-likeness (QED) is 0.767. The van der Waals surface area contributed by atoms with Gasteiger partial charge in [-0.15, -0.1) is 0 Å². The molecule has 27 heavy (non-hydrogen) atoms. The molecule has 3 amide bonds. The molecule has 150 valence electrons. The molecule has 0 aromatic carbocycles. The lowest BCUT2D eigenvalue weighted by Crippen LogP contribution is -2.63. The summed E-state index contributed by atoms with van der Waals surface area (Å²) in [6.45, 7) is 11.1. The second-order valence-electron chi connectivity index (χ2n) is 7.84. The molecule has 2 aliphatic heterocycles. The van der Waals surface area contributed by atoms with Crippen molar-refractivity contribution in [3.63, 3.8) is 0 Å². The fourth-order valence-corrected chi connectivity index (χ4v) is 4.16. The molecule has 2 N–H and O–H groups in total. The van der Waals surface area contributed by atoms with Crippen molar-refractivity contribution in [1.82, 2.24) is 25.0 Å². The zero-order chi connectivity index (χ0) is 19.6. The number of amides is 3. The molecule has 2 fully saturated rings. The maximum Gasteiger partial charge on any atom is 0.323 e. The maximum absolute atomic E-state index is 12.9. The van der Waals surface area contributed by atoms with E-state index in [4.69, 9.17) is 11.6 Å². The molecule has 1 atom stereocenters. The lowest BCUT2D eigenvalue weighted by Gasteiger charge is -2.43. The number of aromatic nitrogens is 1. The van der Waals surface area contributed by atoms with Crippen LogP contribution in [-0.4, -0.2) is 89.0 Å². The van der Waals surface area contributed by atoms with E-state index in [9.17, 15) is 9.59 Å². The highest BCUT2D eigenvalue weighted by molar-refractivity contribution is 7.19. The predicted octanol–water partition coefficient (Wildman–Crippen LogP) is 1.54. The third-order valence-electron chi connectivity index (χ3n) is 4.99. The van der Waals surface area contributed by atoms with Gasteiger partial charge in [0.1, 0.15) is 4.34 Å². The van der Waals surface area contributed by atoms with Gasteiger partial charge in [0.25, 0.3) is 0 Å². The number of piperazine rings is 2. The summed E-state index contributed by atoms with van der Waals surface area (Å²) in [5, 5.41) is 6.58. The molecule has 0 spiro atoms. The van der Waals surface area contributed by atoms with Crippen molar-refractivity contribution in [2.75, 3.05) is 51.1 Å². The molecule has 1 aromatic heterocycles. The first-order valence-electron chi connectivity index (χ1n) is 9.18. The molecule has 2 saturated heterocycles. The fourth-order valence-electron chi connectivity index (χ4n) is 3.36. The van der Waals surface area contributed by atoms with E-state index in [1.807, 2.05) is 4.90 Å². The van der Waals surface area contributed by atoms with E-state index in [1.54, 1.807) is 4.90 Å². The molecule has 2 aliphatic rings. The number of carbonyl (C=O) groups excluding carboxylic acids is 2. The Morgan fingerprint density at radius 2 is 1.89 bits per heavy atom. The molecular weight excluding hydrogens is 388 g/mol. The lowest BCUT2D eigenvalue weighted by molar-refractivity contribution is -0.136. The molecule has 10 heteroatoms. The normalized spacial score (nSPS) is 22.0. The molecule has 3 heterocycles. The third kappa shape index (κ3) is 5.10. The minimum atomic E-state index is -0.206. The van der Waals surface area contributed by atoms with Gasteiger partial charge >= 0.3 is 6.03 Å². The Bertz CT molecular complexity index is 683. The van der Waals surface area contributed by atoms with Crippen LogP contribution in [0.3, 0.4) is 0 Å². The Hall–Kier alpha value is -1.42. The molecular formula is C17H27ClN6O2S. The van der Waals surface area contributed by atoms with E-state index in [-0.39, 0.29) is 23.5 Å². The summed E-state index contributed by atoms with van der Waals surface area (Å²) in [6.07, 6.45) is 1.51. The Morgan fingerprint density at radius 3 is 2.48 bits per heavy atom. The number of nitrogens with one attached hydrogen (secondary N) is 2. The number of urea groups is 1. The number of anilines is 1. The molecule has 0 saturated carbocycles. The van der Waals surface area contributed by atoms with Gasteiger partial charge in [-0.3, -0.25) is 15.0 Å². The fraction of sp³-hybridized carbons (Fsp3) is 0.706. The van der Waals surface area contributed by atoms with Gasteiger partial charge in [0, 0.05) is 51.4 Å². The number of carbonyl (C=O) groups is 2. The Kier molecular flexibility index (Phi) is 6.25. The molecule has 0 aliphatic carbocycles. The van der Waals surface area contributed by atoms with Gasteiger partial charge in [-0.25, -0.2) is 9.78 Å². The van der Waals surface area contributed by atoms with Gasteiger partial charge in [-0.2, -0.15) is 0 Å². The van der Waals surface area contributed by atoms with Crippen molar-refractivity contribution < 1.29 is 9.59 Å². The van der Waals surface area contributed by atoms with E-state index in [2.05, 4.69) is 41.3 Å².